The number of nitrogens with one attached hydrogen (secondary N) is 1. The molecular formula is C23H30N2O4. The van der Waals surface area contributed by atoms with Crippen LogP contribution in [0.15, 0.2) is 36.4 Å². The second-order valence-electron chi connectivity index (χ2n) is 7.60. The second kappa shape index (κ2) is 9.96. The summed E-state index contributed by atoms with van der Waals surface area (Å²) >= 11 is 0. The van der Waals surface area contributed by atoms with Gasteiger partial charge in [0.1, 0.15) is 0 Å². The molecule has 0 heterocycles. The predicted molar refractivity (Wildman–Crippen MR) is 115 cm³/mol. The van der Waals surface area contributed by atoms with Gasteiger partial charge in [0.2, 0.25) is 5.91 Å². The van der Waals surface area contributed by atoms with Crippen LogP contribution in [0.1, 0.15) is 35.3 Å². The van der Waals surface area contributed by atoms with Crippen LogP contribution in [-0.4, -0.2) is 44.0 Å². The lowest BCUT2D eigenvalue weighted by Crippen LogP contribution is -2.35. The summed E-state index contributed by atoms with van der Waals surface area (Å²) in [7, 11) is 3.13. The number of hydrogen-bond donors (Lipinski definition) is 1. The molecule has 0 radical (unpaired) electrons. The average molecular weight is 399 g/mol. The number of rotatable bonds is 8. The van der Waals surface area contributed by atoms with Gasteiger partial charge in [-0.15, -0.1) is 0 Å². The highest BCUT2D eigenvalue weighted by atomic mass is 16.5. The number of benzene rings is 2. The zero-order chi connectivity index (χ0) is 21.6. The van der Waals surface area contributed by atoms with Crippen LogP contribution in [0.5, 0.6) is 11.5 Å². The molecule has 0 aliphatic rings. The zero-order valence-corrected chi connectivity index (χ0v) is 18.0. The number of anilines is 1. The first-order valence-corrected chi connectivity index (χ1v) is 9.64. The number of carbonyl (C=O) groups is 2. The standard InChI is InChI=1S/C23H30N2O4/c1-15(2)14-29-20-10-9-18(12-21(20)28-6)23(27)25(5)13-22(26)24-19-11-16(3)7-8-17(19)4/h7-12,15H,13-14H2,1-6H3,(H,24,26). The molecule has 0 aromatic heterocycles. The monoisotopic (exact) mass is 398 g/mol. The zero-order valence-electron chi connectivity index (χ0n) is 18.0. The van der Waals surface area contributed by atoms with Crippen LogP contribution in [0.25, 0.3) is 0 Å². The SMILES string of the molecule is COc1cc(C(=O)N(C)CC(=O)Nc2cc(C)ccc2C)ccc1OCC(C)C. The molecule has 156 valence electrons. The van der Waals surface area contributed by atoms with Gasteiger partial charge in [0.25, 0.3) is 5.91 Å². The third-order valence-electron chi connectivity index (χ3n) is 4.38. The van der Waals surface area contributed by atoms with E-state index in [1.165, 1.54) is 12.0 Å². The van der Waals surface area contributed by atoms with Crippen LogP contribution >= 0.6 is 0 Å². The van der Waals surface area contributed by atoms with Gasteiger partial charge in [-0.25, -0.2) is 0 Å². The van der Waals surface area contributed by atoms with Crippen LogP contribution in [0.3, 0.4) is 0 Å². The van der Waals surface area contributed by atoms with Crippen molar-refractivity contribution in [3.8, 4) is 11.5 Å². The summed E-state index contributed by atoms with van der Waals surface area (Å²) in [6, 6.07) is 10.9. The molecule has 0 saturated carbocycles. The fourth-order valence-electron chi connectivity index (χ4n) is 2.74. The molecule has 6 nitrogen and oxygen atoms in total. The van der Waals surface area contributed by atoms with E-state index in [1.807, 2.05) is 32.0 Å². The van der Waals surface area contributed by atoms with Gasteiger partial charge in [-0.3, -0.25) is 9.59 Å². The molecule has 0 spiro atoms. The van der Waals surface area contributed by atoms with Crippen molar-refractivity contribution >= 4 is 17.5 Å². The molecule has 2 aromatic rings. The highest BCUT2D eigenvalue weighted by Gasteiger charge is 2.18. The van der Waals surface area contributed by atoms with Crippen LogP contribution in [0.4, 0.5) is 5.69 Å². The van der Waals surface area contributed by atoms with E-state index in [1.54, 1.807) is 25.2 Å². The lowest BCUT2D eigenvalue weighted by Gasteiger charge is -2.19. The van der Waals surface area contributed by atoms with Gasteiger partial charge in [0.15, 0.2) is 11.5 Å². The number of nitrogens with zero attached hydrogens (tertiary/aromatic N) is 1. The van der Waals surface area contributed by atoms with Crippen molar-refractivity contribution < 1.29 is 19.1 Å². The second-order valence-corrected chi connectivity index (χ2v) is 7.60. The number of amides is 2. The lowest BCUT2D eigenvalue weighted by atomic mass is 10.1. The molecule has 0 unspecified atom stereocenters. The Morgan fingerprint density at radius 2 is 1.79 bits per heavy atom. The Labute approximate surface area is 172 Å². The third kappa shape index (κ3) is 6.24. The molecule has 0 atom stereocenters. The van der Waals surface area contributed by atoms with Gasteiger partial charge in [0.05, 0.1) is 20.3 Å². The van der Waals surface area contributed by atoms with Crippen molar-refractivity contribution in [3.63, 3.8) is 0 Å². The van der Waals surface area contributed by atoms with E-state index in [0.29, 0.717) is 29.6 Å². The Hall–Kier alpha value is -3.02. The van der Waals surface area contributed by atoms with Gasteiger partial charge in [-0.2, -0.15) is 0 Å². The van der Waals surface area contributed by atoms with Crippen molar-refractivity contribution in [1.82, 2.24) is 4.90 Å². The van der Waals surface area contributed by atoms with Crippen LogP contribution in [0.2, 0.25) is 0 Å². The summed E-state index contributed by atoms with van der Waals surface area (Å²) in [5.74, 6) is 0.939. The maximum absolute atomic E-state index is 12.7. The minimum atomic E-state index is -0.269. The molecule has 0 fully saturated rings. The average Bonchev–Trinajstić information content (AvgIpc) is 2.68. The Morgan fingerprint density at radius 3 is 2.45 bits per heavy atom. The first-order valence-electron chi connectivity index (χ1n) is 9.64. The Bertz CT molecular complexity index is 877. The van der Waals surface area contributed by atoms with E-state index in [0.717, 1.165) is 16.8 Å². The van der Waals surface area contributed by atoms with Crippen LogP contribution < -0.4 is 14.8 Å². The van der Waals surface area contributed by atoms with E-state index in [9.17, 15) is 9.59 Å². The van der Waals surface area contributed by atoms with E-state index >= 15 is 0 Å². The number of ether oxygens (including phenoxy) is 2. The lowest BCUT2D eigenvalue weighted by molar-refractivity contribution is -0.116. The number of methoxy groups -OCH3 is 1. The minimum Gasteiger partial charge on any atom is -0.493 e. The Morgan fingerprint density at radius 1 is 1.07 bits per heavy atom. The first kappa shape index (κ1) is 22.3. The van der Waals surface area contributed by atoms with E-state index < -0.39 is 0 Å². The van der Waals surface area contributed by atoms with Crippen molar-refractivity contribution in [2.75, 3.05) is 32.6 Å². The summed E-state index contributed by atoms with van der Waals surface area (Å²) in [5.41, 5.74) is 3.21. The highest BCUT2D eigenvalue weighted by molar-refractivity contribution is 5.99. The van der Waals surface area contributed by atoms with E-state index in [2.05, 4.69) is 19.2 Å². The van der Waals surface area contributed by atoms with Crippen LogP contribution in [0, 0.1) is 19.8 Å². The molecule has 0 bridgehead atoms. The van der Waals surface area contributed by atoms with Gasteiger partial charge in [-0.05, 0) is 55.2 Å². The molecule has 2 aromatic carbocycles. The van der Waals surface area contributed by atoms with Gasteiger partial charge >= 0.3 is 0 Å². The molecule has 1 N–H and O–H groups in total. The first-order chi connectivity index (χ1) is 13.7. The quantitative estimate of drug-likeness (QED) is 0.728. The topological polar surface area (TPSA) is 67.9 Å². The summed E-state index contributed by atoms with van der Waals surface area (Å²) in [6.07, 6.45) is 0. The normalized spacial score (nSPS) is 10.6. The molecule has 2 amide bonds. The van der Waals surface area contributed by atoms with Crippen LogP contribution in [-0.2, 0) is 4.79 Å². The molecule has 0 aliphatic heterocycles. The predicted octanol–water partition coefficient (Wildman–Crippen LogP) is 4.06. The van der Waals surface area contributed by atoms with Crippen molar-refractivity contribution in [2.24, 2.45) is 5.92 Å². The molecule has 0 saturated heterocycles. The Kier molecular flexibility index (Phi) is 7.65. The fraction of sp³-hybridized carbons (Fsp3) is 0.391. The van der Waals surface area contributed by atoms with Crippen molar-refractivity contribution in [2.45, 2.75) is 27.7 Å². The smallest absolute Gasteiger partial charge is 0.254 e. The van der Waals surface area contributed by atoms with E-state index in [4.69, 9.17) is 9.47 Å². The van der Waals surface area contributed by atoms with Gasteiger partial charge in [-0.1, -0.05) is 26.0 Å². The summed E-state index contributed by atoms with van der Waals surface area (Å²) in [4.78, 5) is 26.5. The molecule has 29 heavy (non-hydrogen) atoms. The minimum absolute atomic E-state index is 0.0554. The summed E-state index contributed by atoms with van der Waals surface area (Å²) < 4.78 is 11.1. The summed E-state index contributed by atoms with van der Waals surface area (Å²) in [5, 5.41) is 2.87. The van der Waals surface area contributed by atoms with Gasteiger partial charge < -0.3 is 19.7 Å². The van der Waals surface area contributed by atoms with Crippen molar-refractivity contribution in [3.05, 3.63) is 53.1 Å². The number of hydrogen-bond acceptors (Lipinski definition) is 4. The fourth-order valence-corrected chi connectivity index (χ4v) is 2.74. The Balaban J connectivity index is 2.05. The van der Waals surface area contributed by atoms with Gasteiger partial charge in [0, 0.05) is 18.3 Å². The largest absolute Gasteiger partial charge is 0.493 e. The highest BCUT2D eigenvalue weighted by Crippen LogP contribution is 2.29. The van der Waals surface area contributed by atoms with E-state index in [-0.39, 0.29) is 18.4 Å². The summed E-state index contributed by atoms with van der Waals surface area (Å²) in [6.45, 7) is 8.51. The number of likely N-dealkylation sites (N-methyl/N-ethyl adjacent to an activating group) is 1. The molecule has 0 aliphatic carbocycles. The molecule has 6 heteroatoms. The maximum Gasteiger partial charge on any atom is 0.254 e. The van der Waals surface area contributed by atoms with Crippen molar-refractivity contribution in [1.29, 1.82) is 0 Å². The number of carbonyl (C=O) groups excluding carboxylic acids is 2. The molecular weight excluding hydrogens is 368 g/mol. The number of aryl methyl sites for hydroxylation is 2. The maximum atomic E-state index is 12.7. The third-order valence-corrected chi connectivity index (χ3v) is 4.38. The molecule has 2 rings (SSSR count).